The van der Waals surface area contributed by atoms with Gasteiger partial charge in [-0.2, -0.15) is 0 Å². The molecule has 8 heteroatoms. The molecule has 1 aliphatic rings. The summed E-state index contributed by atoms with van der Waals surface area (Å²) in [4.78, 5) is 48.5. The molecular weight excluding hydrogens is 456 g/mol. The molecule has 1 fully saturated rings. The predicted octanol–water partition coefficient (Wildman–Crippen LogP) is 5.62. The third-order valence-electron chi connectivity index (χ3n) is 6.51. The molecule has 4 N–H and O–H groups in total. The zero-order valence-electron chi connectivity index (χ0n) is 21.7. The van der Waals surface area contributed by atoms with Gasteiger partial charge in [-0.1, -0.05) is 45.0 Å². The topological polar surface area (TPSA) is 116 Å². The molecule has 36 heavy (non-hydrogen) atoms. The van der Waals surface area contributed by atoms with Crippen molar-refractivity contribution in [3.05, 3.63) is 59.7 Å². The number of Topliss-reactive ketones (excluding diaryl/α,β-unsaturated/α-hetero) is 2. The summed E-state index contributed by atoms with van der Waals surface area (Å²) in [5.74, 6) is -0.128. The van der Waals surface area contributed by atoms with E-state index in [1.807, 2.05) is 0 Å². The SMILES string of the molecule is CC(=O)c1cccc(NC(=O)NC[C@@]2(C)C[C@H](NC(=O)Nc3cccc(C(C)=O)c3)CC(C)(C)C2)c1. The van der Waals surface area contributed by atoms with Crippen molar-refractivity contribution < 1.29 is 19.2 Å². The number of nitrogens with one attached hydrogen (secondary N) is 4. The van der Waals surface area contributed by atoms with Gasteiger partial charge in [0.15, 0.2) is 11.6 Å². The Labute approximate surface area is 212 Å². The van der Waals surface area contributed by atoms with E-state index in [9.17, 15) is 19.2 Å². The summed E-state index contributed by atoms with van der Waals surface area (Å²) in [6.07, 6.45) is 2.41. The molecule has 2 aromatic rings. The zero-order valence-corrected chi connectivity index (χ0v) is 21.7. The first-order valence-corrected chi connectivity index (χ1v) is 12.2. The Hall–Kier alpha value is -3.68. The number of hydrogen-bond acceptors (Lipinski definition) is 4. The van der Waals surface area contributed by atoms with E-state index in [4.69, 9.17) is 0 Å². The molecule has 0 aliphatic heterocycles. The van der Waals surface area contributed by atoms with Crippen LogP contribution in [0.1, 0.15) is 74.6 Å². The molecule has 0 saturated heterocycles. The van der Waals surface area contributed by atoms with Gasteiger partial charge in [-0.25, -0.2) is 9.59 Å². The number of carbonyl (C=O) groups excluding carboxylic acids is 4. The van der Waals surface area contributed by atoms with E-state index in [0.29, 0.717) is 35.5 Å². The van der Waals surface area contributed by atoms with Crippen molar-refractivity contribution in [3.63, 3.8) is 0 Å². The minimum atomic E-state index is -0.340. The number of amides is 4. The van der Waals surface area contributed by atoms with Gasteiger partial charge in [-0.05, 0) is 68.2 Å². The van der Waals surface area contributed by atoms with Crippen LogP contribution < -0.4 is 21.3 Å². The van der Waals surface area contributed by atoms with Crippen molar-refractivity contribution in [3.8, 4) is 0 Å². The first-order valence-electron chi connectivity index (χ1n) is 12.2. The molecule has 4 amide bonds. The molecule has 0 radical (unpaired) electrons. The highest BCUT2D eigenvalue weighted by Gasteiger charge is 2.41. The van der Waals surface area contributed by atoms with Gasteiger partial charge >= 0.3 is 12.1 Å². The van der Waals surface area contributed by atoms with Gasteiger partial charge in [0, 0.05) is 35.1 Å². The number of carbonyl (C=O) groups is 4. The van der Waals surface area contributed by atoms with Crippen molar-refractivity contribution >= 4 is 35.0 Å². The standard InChI is InChI=1S/C28H36N4O4/c1-18(33)20-8-6-10-22(12-20)30-25(35)29-17-28(5)15-24(14-27(3,4)16-28)32-26(36)31-23-11-7-9-21(13-23)19(2)34/h6-13,24H,14-17H2,1-5H3,(H2,29,30,35)(H2,31,32,36)/t24-,28+/m1/s1. The second kappa shape index (κ2) is 10.9. The summed E-state index contributed by atoms with van der Waals surface area (Å²) in [5, 5.41) is 11.7. The maximum Gasteiger partial charge on any atom is 0.319 e. The molecule has 2 aromatic carbocycles. The molecule has 8 nitrogen and oxygen atoms in total. The highest BCUT2D eigenvalue weighted by Crippen LogP contribution is 2.45. The number of anilines is 2. The number of rotatable bonds is 7. The van der Waals surface area contributed by atoms with E-state index < -0.39 is 0 Å². The van der Waals surface area contributed by atoms with Gasteiger partial charge < -0.3 is 21.3 Å². The van der Waals surface area contributed by atoms with Crippen LogP contribution in [0.25, 0.3) is 0 Å². The number of ketones is 2. The van der Waals surface area contributed by atoms with Crippen molar-refractivity contribution in [2.24, 2.45) is 10.8 Å². The Balaban J connectivity index is 1.58. The smallest absolute Gasteiger partial charge is 0.319 e. The summed E-state index contributed by atoms with van der Waals surface area (Å²) in [5.41, 5.74) is 1.93. The molecule has 0 spiro atoms. The Kier molecular flexibility index (Phi) is 8.17. The molecule has 192 valence electrons. The maximum atomic E-state index is 12.7. The van der Waals surface area contributed by atoms with E-state index in [-0.39, 0.29) is 40.5 Å². The second-order valence-electron chi connectivity index (χ2n) is 10.9. The number of urea groups is 2. The number of benzene rings is 2. The summed E-state index contributed by atoms with van der Waals surface area (Å²) < 4.78 is 0. The largest absolute Gasteiger partial charge is 0.337 e. The lowest BCUT2D eigenvalue weighted by atomic mass is 9.62. The molecule has 0 unspecified atom stereocenters. The fourth-order valence-electron chi connectivity index (χ4n) is 5.32. The summed E-state index contributed by atoms with van der Waals surface area (Å²) in [6.45, 7) is 9.87. The van der Waals surface area contributed by atoms with Gasteiger partial charge in [-0.15, -0.1) is 0 Å². The van der Waals surface area contributed by atoms with Crippen molar-refractivity contribution in [2.75, 3.05) is 17.2 Å². The van der Waals surface area contributed by atoms with Crippen molar-refractivity contribution in [2.45, 2.75) is 59.9 Å². The molecule has 3 rings (SSSR count). The minimum Gasteiger partial charge on any atom is -0.337 e. The summed E-state index contributed by atoms with van der Waals surface area (Å²) in [6, 6.07) is 12.9. The van der Waals surface area contributed by atoms with Crippen LogP contribution in [0.4, 0.5) is 21.0 Å². The maximum absolute atomic E-state index is 12.7. The highest BCUT2D eigenvalue weighted by molar-refractivity contribution is 5.97. The summed E-state index contributed by atoms with van der Waals surface area (Å²) >= 11 is 0. The van der Waals surface area contributed by atoms with Crippen LogP contribution in [0.3, 0.4) is 0 Å². The summed E-state index contributed by atoms with van der Waals surface area (Å²) in [7, 11) is 0. The van der Waals surface area contributed by atoms with Crippen molar-refractivity contribution in [1.82, 2.24) is 10.6 Å². The third-order valence-corrected chi connectivity index (χ3v) is 6.51. The third kappa shape index (κ3) is 7.66. The molecule has 0 aromatic heterocycles. The van der Waals surface area contributed by atoms with Gasteiger partial charge in [-0.3, -0.25) is 9.59 Å². The fraction of sp³-hybridized carbons (Fsp3) is 0.429. The van der Waals surface area contributed by atoms with Crippen LogP contribution in [0.2, 0.25) is 0 Å². The Morgan fingerprint density at radius 1 is 0.806 bits per heavy atom. The Bertz CT molecular complexity index is 1160. The Morgan fingerprint density at radius 2 is 1.33 bits per heavy atom. The average molecular weight is 493 g/mol. The van der Waals surface area contributed by atoms with Gasteiger partial charge in [0.1, 0.15) is 0 Å². The fourth-order valence-corrected chi connectivity index (χ4v) is 5.32. The monoisotopic (exact) mass is 492 g/mol. The van der Waals surface area contributed by atoms with Crippen LogP contribution in [0.5, 0.6) is 0 Å². The van der Waals surface area contributed by atoms with Crippen LogP contribution in [-0.4, -0.2) is 36.2 Å². The number of hydrogen-bond donors (Lipinski definition) is 4. The molecule has 0 heterocycles. The second-order valence-corrected chi connectivity index (χ2v) is 10.9. The van der Waals surface area contributed by atoms with E-state index in [1.165, 1.54) is 13.8 Å². The van der Waals surface area contributed by atoms with Crippen LogP contribution in [-0.2, 0) is 0 Å². The highest BCUT2D eigenvalue weighted by atomic mass is 16.2. The molecule has 0 bridgehead atoms. The van der Waals surface area contributed by atoms with E-state index in [0.717, 1.165) is 12.8 Å². The van der Waals surface area contributed by atoms with Crippen LogP contribution >= 0.6 is 0 Å². The van der Waals surface area contributed by atoms with Gasteiger partial charge in [0.05, 0.1) is 0 Å². The van der Waals surface area contributed by atoms with Crippen LogP contribution in [0, 0.1) is 10.8 Å². The van der Waals surface area contributed by atoms with Gasteiger partial charge in [0.25, 0.3) is 0 Å². The lowest BCUT2D eigenvalue weighted by Crippen LogP contribution is -2.51. The van der Waals surface area contributed by atoms with Gasteiger partial charge in [0.2, 0.25) is 0 Å². The van der Waals surface area contributed by atoms with E-state index in [2.05, 4.69) is 42.0 Å². The van der Waals surface area contributed by atoms with E-state index in [1.54, 1.807) is 48.5 Å². The van der Waals surface area contributed by atoms with E-state index >= 15 is 0 Å². The zero-order chi connectivity index (χ0) is 26.5. The minimum absolute atomic E-state index is 0.0343. The lowest BCUT2D eigenvalue weighted by Gasteiger charge is -2.46. The molecule has 1 aliphatic carbocycles. The first kappa shape index (κ1) is 26.9. The normalized spacial score (nSPS) is 20.6. The predicted molar refractivity (Wildman–Crippen MR) is 142 cm³/mol. The average Bonchev–Trinajstić information content (AvgIpc) is 2.76. The first-order chi connectivity index (χ1) is 16.8. The lowest BCUT2D eigenvalue weighted by molar-refractivity contribution is 0.0761. The van der Waals surface area contributed by atoms with Crippen LogP contribution in [0.15, 0.2) is 48.5 Å². The van der Waals surface area contributed by atoms with Crippen molar-refractivity contribution in [1.29, 1.82) is 0 Å². The molecular formula is C28H36N4O4. The quantitative estimate of drug-likeness (QED) is 0.375. The molecule has 2 atom stereocenters. The molecule has 1 saturated carbocycles. The Morgan fingerprint density at radius 3 is 1.86 bits per heavy atom.